The molecule has 0 spiro atoms. The molecular formula is C25H33N5O3. The number of fused-ring (bicyclic) bond motifs is 1. The number of likely N-dealkylation sites (tertiary alicyclic amines) is 1. The molecule has 2 aliphatic rings. The predicted molar refractivity (Wildman–Crippen MR) is 126 cm³/mol. The smallest absolute Gasteiger partial charge is 0.255 e. The van der Waals surface area contributed by atoms with Gasteiger partial charge < -0.3 is 14.5 Å². The van der Waals surface area contributed by atoms with Crippen LogP contribution in [0.4, 0.5) is 11.5 Å². The quantitative estimate of drug-likeness (QED) is 0.727. The monoisotopic (exact) mass is 451 g/mol. The summed E-state index contributed by atoms with van der Waals surface area (Å²) in [6.07, 6.45) is 9.09. The molecule has 0 saturated carbocycles. The Morgan fingerprint density at radius 1 is 1.15 bits per heavy atom. The molecule has 33 heavy (non-hydrogen) atoms. The maximum atomic E-state index is 12.9. The molecule has 1 atom stereocenters. The van der Waals surface area contributed by atoms with E-state index in [9.17, 15) is 9.59 Å². The molecule has 176 valence electrons. The molecule has 0 bridgehead atoms. The summed E-state index contributed by atoms with van der Waals surface area (Å²) in [7, 11) is 1.62. The number of carbonyl (C=O) groups is 2. The minimum atomic E-state index is -0.224. The van der Waals surface area contributed by atoms with E-state index in [2.05, 4.69) is 9.88 Å². The molecule has 2 aromatic heterocycles. The summed E-state index contributed by atoms with van der Waals surface area (Å²) < 4.78 is 6.46. The first-order chi connectivity index (χ1) is 16.0. The molecule has 1 N–H and O–H groups in total. The summed E-state index contributed by atoms with van der Waals surface area (Å²) in [6, 6.07) is 5.56. The standard InChI is InChI=1S/C25H33N5O3/c1-18(9-14-33-2)24(31)30-13-8-21(16-22(30)26)29-12-6-7-19-15-20(17-27-23(19)29)25(32)28-10-4-3-5-11-28/h8,13,15-18,26H,3-7,9-12,14H2,1-2H3. The number of piperidine rings is 1. The number of methoxy groups -OCH3 is 1. The lowest BCUT2D eigenvalue weighted by Gasteiger charge is -2.31. The van der Waals surface area contributed by atoms with E-state index in [0.717, 1.165) is 62.4 Å². The van der Waals surface area contributed by atoms with E-state index in [1.165, 1.54) is 11.0 Å². The Kier molecular flexibility index (Phi) is 7.23. The molecule has 4 rings (SSSR count). The van der Waals surface area contributed by atoms with E-state index >= 15 is 0 Å². The average Bonchev–Trinajstić information content (AvgIpc) is 2.86. The molecule has 0 aliphatic carbocycles. The third kappa shape index (κ3) is 5.00. The van der Waals surface area contributed by atoms with Gasteiger partial charge in [0.15, 0.2) is 0 Å². The van der Waals surface area contributed by atoms with Gasteiger partial charge in [0.1, 0.15) is 11.3 Å². The number of amides is 1. The van der Waals surface area contributed by atoms with Gasteiger partial charge in [-0.2, -0.15) is 0 Å². The van der Waals surface area contributed by atoms with Crippen LogP contribution in [0.1, 0.15) is 59.7 Å². The van der Waals surface area contributed by atoms with E-state index < -0.39 is 0 Å². The van der Waals surface area contributed by atoms with Gasteiger partial charge in [-0.05, 0) is 56.2 Å². The van der Waals surface area contributed by atoms with E-state index in [4.69, 9.17) is 10.1 Å². The average molecular weight is 452 g/mol. The highest BCUT2D eigenvalue weighted by molar-refractivity contribution is 5.94. The van der Waals surface area contributed by atoms with Crippen molar-refractivity contribution in [1.29, 1.82) is 5.41 Å². The molecule has 2 aliphatic heterocycles. The zero-order valence-corrected chi connectivity index (χ0v) is 19.5. The van der Waals surface area contributed by atoms with Crippen LogP contribution in [0.3, 0.4) is 0 Å². The number of aryl methyl sites for hydroxylation is 1. The number of anilines is 2. The van der Waals surface area contributed by atoms with Crippen LogP contribution in [0, 0.1) is 11.3 Å². The number of aromatic nitrogens is 2. The van der Waals surface area contributed by atoms with Crippen molar-refractivity contribution in [3.05, 3.63) is 47.2 Å². The number of carbonyl (C=O) groups excluding carboxylic acids is 2. The molecule has 8 heteroatoms. The fourth-order valence-corrected chi connectivity index (χ4v) is 4.62. The Labute approximate surface area is 194 Å². The number of hydrogen-bond donors (Lipinski definition) is 1. The highest BCUT2D eigenvalue weighted by Gasteiger charge is 2.24. The topological polar surface area (TPSA) is 91.5 Å². The van der Waals surface area contributed by atoms with Gasteiger partial charge >= 0.3 is 0 Å². The number of rotatable bonds is 6. The van der Waals surface area contributed by atoms with Crippen molar-refractivity contribution in [2.75, 3.05) is 38.3 Å². The molecule has 1 amide bonds. The molecule has 1 unspecified atom stereocenters. The molecule has 1 saturated heterocycles. The van der Waals surface area contributed by atoms with Crippen molar-refractivity contribution in [3.8, 4) is 0 Å². The highest BCUT2D eigenvalue weighted by atomic mass is 16.5. The van der Waals surface area contributed by atoms with Gasteiger partial charge in [0, 0.05) is 63.4 Å². The van der Waals surface area contributed by atoms with Crippen molar-refractivity contribution in [2.45, 2.75) is 45.4 Å². The highest BCUT2D eigenvalue weighted by Crippen LogP contribution is 2.32. The summed E-state index contributed by atoms with van der Waals surface area (Å²) >= 11 is 0. The second kappa shape index (κ2) is 10.3. The van der Waals surface area contributed by atoms with Crippen LogP contribution >= 0.6 is 0 Å². The van der Waals surface area contributed by atoms with Gasteiger partial charge in [-0.1, -0.05) is 6.92 Å². The van der Waals surface area contributed by atoms with Crippen LogP contribution in [0.15, 0.2) is 30.6 Å². The van der Waals surface area contributed by atoms with E-state index in [-0.39, 0.29) is 23.2 Å². The van der Waals surface area contributed by atoms with E-state index in [1.54, 1.807) is 25.6 Å². The summed E-state index contributed by atoms with van der Waals surface area (Å²) in [6.45, 7) is 4.79. The Hall–Kier alpha value is -3.00. The molecular weight excluding hydrogens is 418 g/mol. The molecule has 1 fully saturated rings. The Balaban J connectivity index is 1.55. The molecule has 2 aromatic rings. The summed E-state index contributed by atoms with van der Waals surface area (Å²) in [5.41, 5.74) is 2.68. The van der Waals surface area contributed by atoms with Gasteiger partial charge in [-0.3, -0.25) is 19.6 Å². The number of ether oxygens (including phenoxy) is 1. The Morgan fingerprint density at radius 3 is 2.67 bits per heavy atom. The minimum absolute atomic E-state index is 0.0671. The second-order valence-electron chi connectivity index (χ2n) is 8.98. The number of nitrogens with one attached hydrogen (secondary N) is 1. The molecule has 4 heterocycles. The Morgan fingerprint density at radius 2 is 1.94 bits per heavy atom. The second-order valence-corrected chi connectivity index (χ2v) is 8.98. The number of hydrogen-bond acceptors (Lipinski definition) is 6. The first-order valence-corrected chi connectivity index (χ1v) is 11.9. The molecule has 8 nitrogen and oxygen atoms in total. The van der Waals surface area contributed by atoms with Crippen LogP contribution in [0.25, 0.3) is 0 Å². The van der Waals surface area contributed by atoms with Crippen molar-refractivity contribution in [1.82, 2.24) is 14.5 Å². The van der Waals surface area contributed by atoms with Crippen molar-refractivity contribution < 1.29 is 14.3 Å². The number of pyridine rings is 2. The van der Waals surface area contributed by atoms with Crippen LogP contribution in [-0.2, 0) is 11.2 Å². The lowest BCUT2D eigenvalue weighted by molar-refractivity contribution is 0.0723. The number of nitrogens with zero attached hydrogens (tertiary/aromatic N) is 4. The van der Waals surface area contributed by atoms with Crippen LogP contribution in [0.2, 0.25) is 0 Å². The van der Waals surface area contributed by atoms with Crippen LogP contribution in [-0.4, -0.2) is 59.6 Å². The first-order valence-electron chi connectivity index (χ1n) is 11.9. The molecule has 0 aromatic carbocycles. The van der Waals surface area contributed by atoms with E-state index in [1.807, 2.05) is 24.0 Å². The maximum absolute atomic E-state index is 12.9. The van der Waals surface area contributed by atoms with Gasteiger partial charge in [0.2, 0.25) is 5.91 Å². The first kappa shape index (κ1) is 23.2. The van der Waals surface area contributed by atoms with Crippen LogP contribution < -0.4 is 10.4 Å². The minimum Gasteiger partial charge on any atom is -0.385 e. The van der Waals surface area contributed by atoms with Gasteiger partial charge in [0.05, 0.1) is 5.56 Å². The SMILES string of the molecule is COCCC(C)C(=O)n1ccc(N2CCCc3cc(C(=O)N4CCCCC4)cnc32)cc1=N. The fourth-order valence-electron chi connectivity index (χ4n) is 4.62. The largest absolute Gasteiger partial charge is 0.385 e. The van der Waals surface area contributed by atoms with Crippen LogP contribution in [0.5, 0.6) is 0 Å². The van der Waals surface area contributed by atoms with Crippen molar-refractivity contribution in [2.24, 2.45) is 5.92 Å². The van der Waals surface area contributed by atoms with Gasteiger partial charge in [-0.25, -0.2) is 4.98 Å². The van der Waals surface area contributed by atoms with Gasteiger partial charge in [0.25, 0.3) is 5.91 Å². The normalized spacial score (nSPS) is 16.9. The molecule has 0 radical (unpaired) electrons. The lowest BCUT2D eigenvalue weighted by atomic mass is 10.0. The zero-order chi connectivity index (χ0) is 23.4. The predicted octanol–water partition coefficient (Wildman–Crippen LogP) is 3.39. The van der Waals surface area contributed by atoms with Gasteiger partial charge in [-0.15, -0.1) is 0 Å². The summed E-state index contributed by atoms with van der Waals surface area (Å²) in [4.78, 5) is 34.3. The third-order valence-electron chi connectivity index (χ3n) is 6.58. The summed E-state index contributed by atoms with van der Waals surface area (Å²) in [5.74, 6) is 0.561. The Bertz CT molecular complexity index is 1070. The maximum Gasteiger partial charge on any atom is 0.255 e. The lowest BCUT2D eigenvalue weighted by Crippen LogP contribution is -2.36. The third-order valence-corrected chi connectivity index (χ3v) is 6.58. The van der Waals surface area contributed by atoms with E-state index in [0.29, 0.717) is 18.6 Å². The van der Waals surface area contributed by atoms with Crippen molar-refractivity contribution in [3.63, 3.8) is 0 Å². The summed E-state index contributed by atoms with van der Waals surface area (Å²) in [5, 5.41) is 8.43. The fraction of sp³-hybridized carbons (Fsp3) is 0.520. The zero-order valence-electron chi connectivity index (χ0n) is 19.5. The van der Waals surface area contributed by atoms with Crippen molar-refractivity contribution >= 4 is 23.3 Å².